The molecule has 1 saturated carbocycles. The van der Waals surface area contributed by atoms with Crippen LogP contribution < -0.4 is 10.1 Å². The molecule has 2 aromatic carbocycles. The first-order chi connectivity index (χ1) is 14.6. The number of rotatable bonds is 4. The Hall–Kier alpha value is -3.25. The minimum Gasteiger partial charge on any atom is -0.488 e. The van der Waals surface area contributed by atoms with E-state index >= 15 is 0 Å². The summed E-state index contributed by atoms with van der Waals surface area (Å²) in [5.74, 6) is 1.29. The van der Waals surface area contributed by atoms with Crippen molar-refractivity contribution in [1.29, 1.82) is 0 Å². The van der Waals surface area contributed by atoms with Gasteiger partial charge in [-0.1, -0.05) is 18.2 Å². The molecule has 1 aliphatic rings. The van der Waals surface area contributed by atoms with Gasteiger partial charge in [-0.15, -0.1) is 0 Å². The highest BCUT2D eigenvalue weighted by molar-refractivity contribution is 5.86. The van der Waals surface area contributed by atoms with Crippen molar-refractivity contribution in [2.24, 2.45) is 0 Å². The van der Waals surface area contributed by atoms with E-state index in [9.17, 15) is 5.11 Å². The SMILES string of the molecule is Cc1ccc2cc(Nc3ncc4cccc(OC5CCC(O)CC5)c4n3)ccc2n1. The molecule has 0 saturated heterocycles. The Morgan fingerprint density at radius 1 is 0.967 bits per heavy atom. The van der Waals surface area contributed by atoms with Gasteiger partial charge in [-0.05, 0) is 62.9 Å². The number of aryl methyl sites for hydroxylation is 1. The summed E-state index contributed by atoms with van der Waals surface area (Å²) in [5, 5.41) is 15.0. The van der Waals surface area contributed by atoms with Crippen LogP contribution in [0.25, 0.3) is 21.8 Å². The predicted molar refractivity (Wildman–Crippen MR) is 118 cm³/mol. The Labute approximate surface area is 175 Å². The van der Waals surface area contributed by atoms with E-state index in [4.69, 9.17) is 9.72 Å². The number of para-hydroxylation sites is 1. The number of aromatic nitrogens is 3. The average molecular weight is 400 g/mol. The van der Waals surface area contributed by atoms with Gasteiger partial charge in [0.2, 0.25) is 5.95 Å². The minimum atomic E-state index is -0.198. The van der Waals surface area contributed by atoms with E-state index in [-0.39, 0.29) is 12.2 Å². The summed E-state index contributed by atoms with van der Waals surface area (Å²) < 4.78 is 6.25. The fourth-order valence-electron chi connectivity index (χ4n) is 3.96. The van der Waals surface area contributed by atoms with Crippen molar-refractivity contribution in [3.05, 3.63) is 60.4 Å². The van der Waals surface area contributed by atoms with Crippen molar-refractivity contribution in [2.45, 2.75) is 44.8 Å². The van der Waals surface area contributed by atoms with Crippen LogP contribution in [0.4, 0.5) is 11.6 Å². The van der Waals surface area contributed by atoms with Crippen LogP contribution in [-0.4, -0.2) is 32.3 Å². The van der Waals surface area contributed by atoms with Crippen LogP contribution >= 0.6 is 0 Å². The molecule has 0 amide bonds. The van der Waals surface area contributed by atoms with Crippen LogP contribution in [0.15, 0.2) is 54.7 Å². The Morgan fingerprint density at radius 2 is 1.83 bits per heavy atom. The summed E-state index contributed by atoms with van der Waals surface area (Å²) in [5.41, 5.74) is 3.67. The lowest BCUT2D eigenvalue weighted by Gasteiger charge is -2.26. The fraction of sp³-hybridized carbons (Fsp3) is 0.292. The summed E-state index contributed by atoms with van der Waals surface area (Å²) in [6, 6.07) is 16.0. The molecule has 0 aliphatic heterocycles. The first kappa shape index (κ1) is 18.8. The van der Waals surface area contributed by atoms with Crippen LogP contribution in [0.2, 0.25) is 0 Å². The number of hydrogen-bond acceptors (Lipinski definition) is 6. The van der Waals surface area contributed by atoms with Crippen molar-refractivity contribution < 1.29 is 9.84 Å². The minimum absolute atomic E-state index is 0.113. The molecule has 2 N–H and O–H groups in total. The van der Waals surface area contributed by atoms with Crippen molar-refractivity contribution >= 4 is 33.4 Å². The molecule has 0 bridgehead atoms. The zero-order chi connectivity index (χ0) is 20.5. The van der Waals surface area contributed by atoms with E-state index < -0.39 is 0 Å². The Bertz CT molecular complexity index is 1200. The molecule has 30 heavy (non-hydrogen) atoms. The third kappa shape index (κ3) is 3.91. The van der Waals surface area contributed by atoms with Gasteiger partial charge in [0.25, 0.3) is 0 Å². The summed E-state index contributed by atoms with van der Waals surface area (Å²) in [7, 11) is 0. The number of benzene rings is 2. The lowest BCUT2D eigenvalue weighted by molar-refractivity contribution is 0.0672. The molecule has 0 unspecified atom stereocenters. The molecule has 0 spiro atoms. The van der Waals surface area contributed by atoms with Crippen LogP contribution in [0.3, 0.4) is 0 Å². The standard InChI is InChI=1S/C24H24N4O2/c1-15-5-6-16-13-18(7-12-21(16)26-15)27-24-25-14-17-3-2-4-22(23(17)28-24)30-20-10-8-19(29)9-11-20/h2-7,12-14,19-20,29H,8-11H2,1H3,(H,25,27,28). The van der Waals surface area contributed by atoms with Crippen molar-refractivity contribution in [2.75, 3.05) is 5.32 Å². The Kier molecular flexibility index (Phi) is 4.93. The zero-order valence-corrected chi connectivity index (χ0v) is 16.9. The molecule has 1 aliphatic carbocycles. The monoisotopic (exact) mass is 400 g/mol. The summed E-state index contributed by atoms with van der Waals surface area (Å²) >= 11 is 0. The molecule has 0 radical (unpaired) electrons. The molecule has 152 valence electrons. The number of fused-ring (bicyclic) bond motifs is 2. The second-order valence-corrected chi connectivity index (χ2v) is 7.92. The van der Waals surface area contributed by atoms with Gasteiger partial charge in [-0.3, -0.25) is 4.98 Å². The van der Waals surface area contributed by atoms with Crippen LogP contribution in [0.5, 0.6) is 5.75 Å². The highest BCUT2D eigenvalue weighted by Gasteiger charge is 2.21. The lowest BCUT2D eigenvalue weighted by Crippen LogP contribution is -2.26. The van der Waals surface area contributed by atoms with Crippen LogP contribution in [0.1, 0.15) is 31.4 Å². The van der Waals surface area contributed by atoms with Gasteiger partial charge in [-0.2, -0.15) is 0 Å². The van der Waals surface area contributed by atoms with Gasteiger partial charge in [0, 0.05) is 28.4 Å². The highest BCUT2D eigenvalue weighted by Crippen LogP contribution is 2.30. The second kappa shape index (κ2) is 7.88. The molecule has 4 aromatic rings. The molecule has 2 aromatic heterocycles. The van der Waals surface area contributed by atoms with Gasteiger partial charge in [0.1, 0.15) is 11.3 Å². The zero-order valence-electron chi connectivity index (χ0n) is 16.9. The largest absolute Gasteiger partial charge is 0.488 e. The van der Waals surface area contributed by atoms with Gasteiger partial charge in [0.15, 0.2) is 0 Å². The number of ether oxygens (including phenoxy) is 1. The maximum atomic E-state index is 9.73. The van der Waals surface area contributed by atoms with Gasteiger partial charge >= 0.3 is 0 Å². The lowest BCUT2D eigenvalue weighted by atomic mass is 9.95. The Balaban J connectivity index is 1.42. The number of hydrogen-bond donors (Lipinski definition) is 2. The molecule has 6 nitrogen and oxygen atoms in total. The highest BCUT2D eigenvalue weighted by atomic mass is 16.5. The number of nitrogens with one attached hydrogen (secondary N) is 1. The van der Waals surface area contributed by atoms with E-state index in [1.807, 2.05) is 55.6 Å². The first-order valence-corrected chi connectivity index (χ1v) is 10.4. The maximum absolute atomic E-state index is 9.73. The van der Waals surface area contributed by atoms with Gasteiger partial charge < -0.3 is 15.2 Å². The van der Waals surface area contributed by atoms with E-state index in [1.165, 1.54) is 0 Å². The van der Waals surface area contributed by atoms with E-state index in [0.29, 0.717) is 5.95 Å². The van der Waals surface area contributed by atoms with Crippen molar-refractivity contribution in [3.8, 4) is 5.75 Å². The third-order valence-electron chi connectivity index (χ3n) is 5.60. The number of nitrogens with zero attached hydrogens (tertiary/aromatic N) is 3. The van der Waals surface area contributed by atoms with E-state index in [0.717, 1.165) is 64.6 Å². The first-order valence-electron chi connectivity index (χ1n) is 10.4. The normalized spacial score (nSPS) is 19.1. The number of anilines is 2. The van der Waals surface area contributed by atoms with Crippen LogP contribution in [-0.2, 0) is 0 Å². The second-order valence-electron chi connectivity index (χ2n) is 7.92. The number of pyridine rings is 1. The molecular weight excluding hydrogens is 376 g/mol. The molecule has 6 heteroatoms. The smallest absolute Gasteiger partial charge is 0.227 e. The molecule has 1 fully saturated rings. The average Bonchev–Trinajstić information content (AvgIpc) is 2.76. The summed E-state index contributed by atoms with van der Waals surface area (Å²) in [6.07, 6.45) is 5.02. The molecule has 0 atom stereocenters. The quantitative estimate of drug-likeness (QED) is 0.507. The maximum Gasteiger partial charge on any atom is 0.227 e. The van der Waals surface area contributed by atoms with E-state index in [2.05, 4.69) is 21.4 Å². The Morgan fingerprint density at radius 3 is 2.70 bits per heavy atom. The van der Waals surface area contributed by atoms with Crippen molar-refractivity contribution in [3.63, 3.8) is 0 Å². The third-order valence-corrected chi connectivity index (χ3v) is 5.60. The predicted octanol–water partition coefficient (Wildman–Crippen LogP) is 4.91. The summed E-state index contributed by atoms with van der Waals surface area (Å²) in [6.45, 7) is 1.99. The van der Waals surface area contributed by atoms with Gasteiger partial charge in [0.05, 0.1) is 17.7 Å². The van der Waals surface area contributed by atoms with Gasteiger partial charge in [-0.25, -0.2) is 9.97 Å². The molecule has 2 heterocycles. The van der Waals surface area contributed by atoms with Crippen LogP contribution in [0, 0.1) is 6.92 Å². The number of aliphatic hydroxyl groups excluding tert-OH is 1. The van der Waals surface area contributed by atoms with Crippen molar-refractivity contribution in [1.82, 2.24) is 15.0 Å². The summed E-state index contributed by atoms with van der Waals surface area (Å²) in [4.78, 5) is 13.7. The molecule has 5 rings (SSSR count). The fourth-order valence-corrected chi connectivity index (χ4v) is 3.96. The number of aliphatic hydroxyl groups is 1. The molecular formula is C24H24N4O2. The topological polar surface area (TPSA) is 80.2 Å². The van der Waals surface area contributed by atoms with E-state index in [1.54, 1.807) is 0 Å².